The fourth-order valence-corrected chi connectivity index (χ4v) is 5.17. The second-order valence-corrected chi connectivity index (χ2v) is 8.95. The third kappa shape index (κ3) is 4.58. The second kappa shape index (κ2) is 9.51. The zero-order valence-corrected chi connectivity index (χ0v) is 19.0. The number of thioether (sulfide) groups is 1. The Balaban J connectivity index is 1.65. The van der Waals surface area contributed by atoms with Crippen LogP contribution in [0.2, 0.25) is 10.2 Å². The lowest BCUT2D eigenvalue weighted by Crippen LogP contribution is -1.95. The zero-order valence-electron chi connectivity index (χ0n) is 15.8. The average Bonchev–Trinajstić information content (AvgIpc) is 3.27. The highest BCUT2D eigenvalue weighted by Gasteiger charge is 2.21. The Morgan fingerprint density at radius 1 is 1.03 bits per heavy atom. The summed E-state index contributed by atoms with van der Waals surface area (Å²) in [5.41, 5.74) is 3.68. The van der Waals surface area contributed by atoms with Crippen LogP contribution in [0.5, 0.6) is 0 Å². The molecule has 2 aromatic heterocycles. The molecule has 4 rings (SSSR count). The van der Waals surface area contributed by atoms with Crippen molar-refractivity contribution in [3.8, 4) is 27.8 Å². The summed E-state index contributed by atoms with van der Waals surface area (Å²) >= 11 is 15.2. The number of nitriles is 1. The molecule has 4 nitrogen and oxygen atoms in total. The molecule has 2 heterocycles. The molecule has 2 aromatic carbocycles. The molecule has 4 aromatic rings. The Labute approximate surface area is 198 Å². The molecule has 0 atom stereocenters. The van der Waals surface area contributed by atoms with Crippen molar-refractivity contribution in [2.75, 3.05) is 0 Å². The molecule has 0 spiro atoms. The monoisotopic (exact) mass is 478 g/mol. The summed E-state index contributed by atoms with van der Waals surface area (Å²) in [6.45, 7) is 7.52. The van der Waals surface area contributed by atoms with Gasteiger partial charge in [-0.25, -0.2) is 14.8 Å². The maximum atomic E-state index is 9.87. The van der Waals surface area contributed by atoms with Crippen LogP contribution in [-0.4, -0.2) is 9.97 Å². The maximum Gasteiger partial charge on any atom is 0.232 e. The smallest absolute Gasteiger partial charge is 0.232 e. The van der Waals surface area contributed by atoms with E-state index in [1.54, 1.807) is 11.3 Å². The van der Waals surface area contributed by atoms with Crippen LogP contribution in [0.1, 0.15) is 11.3 Å². The summed E-state index contributed by atoms with van der Waals surface area (Å²) in [5.74, 6) is 0.522. The number of aromatic nitrogens is 2. The van der Waals surface area contributed by atoms with Crippen LogP contribution >= 0.6 is 46.3 Å². The van der Waals surface area contributed by atoms with Gasteiger partial charge >= 0.3 is 0 Å². The Kier molecular flexibility index (Phi) is 6.56. The Morgan fingerprint density at radius 2 is 1.77 bits per heavy atom. The van der Waals surface area contributed by atoms with E-state index in [-0.39, 0.29) is 10.8 Å². The number of thiazole rings is 1. The summed E-state index contributed by atoms with van der Waals surface area (Å²) in [6.07, 6.45) is 0. The van der Waals surface area contributed by atoms with E-state index in [2.05, 4.69) is 20.9 Å². The van der Waals surface area contributed by atoms with Gasteiger partial charge in [0.25, 0.3) is 0 Å². The SMILES string of the molecule is [C-]#[N+]c1c(Cl)nc(SCc2csc(-c3ccc(Cl)cc3)n2)c(C#N)c1-c1ccccc1. The van der Waals surface area contributed by atoms with Crippen molar-refractivity contribution in [1.82, 2.24) is 9.97 Å². The Morgan fingerprint density at radius 3 is 2.45 bits per heavy atom. The highest BCUT2D eigenvalue weighted by atomic mass is 35.5. The number of rotatable bonds is 5. The van der Waals surface area contributed by atoms with Gasteiger partial charge in [-0.1, -0.05) is 77.4 Å². The topological polar surface area (TPSA) is 53.9 Å². The molecule has 0 aliphatic heterocycles. The van der Waals surface area contributed by atoms with Crippen molar-refractivity contribution in [3.05, 3.63) is 92.8 Å². The summed E-state index contributed by atoms with van der Waals surface area (Å²) in [5, 5.41) is 14.0. The van der Waals surface area contributed by atoms with Crippen molar-refractivity contribution in [2.24, 2.45) is 0 Å². The van der Waals surface area contributed by atoms with Gasteiger partial charge in [0, 0.05) is 27.3 Å². The van der Waals surface area contributed by atoms with E-state index in [1.165, 1.54) is 11.8 Å². The van der Waals surface area contributed by atoms with Gasteiger partial charge in [-0.3, -0.25) is 0 Å². The standard InChI is InChI=1S/C23H12Cl2N4S2/c1-27-20-19(14-5-3-2-4-6-14)18(11-26)23(29-21(20)25)31-13-17-12-30-22(28-17)15-7-9-16(24)10-8-15/h2-10,12H,13H2. The van der Waals surface area contributed by atoms with E-state index in [4.69, 9.17) is 29.8 Å². The number of halogens is 2. The maximum absolute atomic E-state index is 9.87. The lowest BCUT2D eigenvalue weighted by Gasteiger charge is -2.12. The molecule has 0 radical (unpaired) electrons. The molecule has 0 saturated heterocycles. The van der Waals surface area contributed by atoms with Crippen LogP contribution in [0.25, 0.3) is 26.5 Å². The van der Waals surface area contributed by atoms with Crippen molar-refractivity contribution in [2.45, 2.75) is 10.8 Å². The van der Waals surface area contributed by atoms with Gasteiger partial charge in [-0.15, -0.1) is 11.3 Å². The van der Waals surface area contributed by atoms with Gasteiger partial charge < -0.3 is 0 Å². The van der Waals surface area contributed by atoms with Crippen molar-refractivity contribution in [3.63, 3.8) is 0 Å². The van der Waals surface area contributed by atoms with E-state index >= 15 is 0 Å². The first-order valence-electron chi connectivity index (χ1n) is 9.00. The van der Waals surface area contributed by atoms with Crippen LogP contribution in [0.4, 0.5) is 5.69 Å². The van der Waals surface area contributed by atoms with Crippen molar-refractivity contribution in [1.29, 1.82) is 5.26 Å². The molecule has 0 saturated carbocycles. The normalized spacial score (nSPS) is 10.5. The number of pyridine rings is 1. The molecule has 31 heavy (non-hydrogen) atoms. The number of hydrogen-bond acceptors (Lipinski definition) is 5. The number of benzene rings is 2. The van der Waals surface area contributed by atoms with Gasteiger partial charge in [0.15, 0.2) is 0 Å². The van der Waals surface area contributed by atoms with Gasteiger partial charge in [0.05, 0.1) is 17.8 Å². The second-order valence-electron chi connectivity index (χ2n) is 6.34. The zero-order chi connectivity index (χ0) is 21.8. The Bertz CT molecular complexity index is 1320. The number of hydrogen-bond donors (Lipinski definition) is 0. The fourth-order valence-electron chi connectivity index (χ4n) is 2.96. The van der Waals surface area contributed by atoms with E-state index in [0.717, 1.165) is 21.8 Å². The van der Waals surface area contributed by atoms with E-state index in [0.29, 0.717) is 26.9 Å². The molecular formula is C23H12Cl2N4S2. The summed E-state index contributed by atoms with van der Waals surface area (Å²) in [7, 11) is 0. The average molecular weight is 479 g/mol. The largest absolute Gasteiger partial charge is 0.240 e. The van der Waals surface area contributed by atoms with Crippen LogP contribution in [-0.2, 0) is 5.75 Å². The predicted octanol–water partition coefficient (Wildman–Crippen LogP) is 7.89. The third-order valence-electron chi connectivity index (χ3n) is 4.38. The predicted molar refractivity (Wildman–Crippen MR) is 128 cm³/mol. The third-order valence-corrected chi connectivity index (χ3v) is 6.85. The van der Waals surface area contributed by atoms with Gasteiger partial charge in [0.1, 0.15) is 21.3 Å². The lowest BCUT2D eigenvalue weighted by molar-refractivity contribution is 1.11. The molecular weight excluding hydrogens is 467 g/mol. The van der Waals surface area contributed by atoms with Gasteiger partial charge in [-0.05, 0) is 17.7 Å². The first-order valence-corrected chi connectivity index (χ1v) is 11.6. The highest BCUT2D eigenvalue weighted by Crippen LogP contribution is 2.42. The lowest BCUT2D eigenvalue weighted by atomic mass is 10.0. The number of nitrogens with zero attached hydrogens (tertiary/aromatic N) is 4. The molecule has 0 aliphatic carbocycles. The molecule has 0 N–H and O–H groups in total. The van der Waals surface area contributed by atoms with Crippen LogP contribution < -0.4 is 0 Å². The molecule has 8 heteroatoms. The summed E-state index contributed by atoms with van der Waals surface area (Å²) in [6, 6.07) is 19.1. The van der Waals surface area contributed by atoms with Crippen molar-refractivity contribution < 1.29 is 0 Å². The molecule has 0 fully saturated rings. The Hall–Kier alpha value is -2.87. The minimum Gasteiger partial charge on any atom is -0.240 e. The first kappa shape index (κ1) is 21.4. The van der Waals surface area contributed by atoms with Gasteiger partial charge in [0.2, 0.25) is 5.69 Å². The van der Waals surface area contributed by atoms with E-state index < -0.39 is 0 Å². The molecule has 0 aliphatic rings. The fraction of sp³-hybridized carbons (Fsp3) is 0.0435. The quantitative estimate of drug-likeness (QED) is 0.166. The molecule has 0 bridgehead atoms. The minimum atomic E-state index is 0.0930. The first-order chi connectivity index (χ1) is 15.1. The van der Waals surface area contributed by atoms with Crippen LogP contribution in [0.15, 0.2) is 65.0 Å². The van der Waals surface area contributed by atoms with Crippen LogP contribution in [0.3, 0.4) is 0 Å². The van der Waals surface area contributed by atoms with E-state index in [9.17, 15) is 5.26 Å². The minimum absolute atomic E-state index is 0.0930. The molecule has 0 amide bonds. The molecule has 150 valence electrons. The van der Waals surface area contributed by atoms with E-state index in [1.807, 2.05) is 60.0 Å². The summed E-state index contributed by atoms with van der Waals surface area (Å²) in [4.78, 5) is 12.6. The highest BCUT2D eigenvalue weighted by molar-refractivity contribution is 7.98. The van der Waals surface area contributed by atoms with Crippen molar-refractivity contribution >= 4 is 52.0 Å². The molecule has 0 unspecified atom stereocenters. The van der Waals surface area contributed by atoms with Gasteiger partial charge in [-0.2, -0.15) is 5.26 Å². The summed E-state index contributed by atoms with van der Waals surface area (Å²) < 4.78 is 0. The van der Waals surface area contributed by atoms with Crippen LogP contribution in [0, 0.1) is 17.9 Å².